The van der Waals surface area contributed by atoms with Crippen LogP contribution < -0.4 is 10.1 Å². The Kier molecular flexibility index (Phi) is 6.42. The molecule has 3 heteroatoms. The highest BCUT2D eigenvalue weighted by atomic mass is 16.5. The van der Waals surface area contributed by atoms with Crippen LogP contribution in [0.1, 0.15) is 43.0 Å². The maximum absolute atomic E-state index is 12.3. The lowest BCUT2D eigenvalue weighted by Crippen LogP contribution is -2.36. The molecule has 0 aromatic heterocycles. The fourth-order valence-corrected chi connectivity index (χ4v) is 2.68. The first-order valence-corrected chi connectivity index (χ1v) is 8.65. The molecule has 2 aromatic rings. The highest BCUT2D eigenvalue weighted by molar-refractivity contribution is 5.80. The summed E-state index contributed by atoms with van der Waals surface area (Å²) in [4.78, 5) is 12.3. The summed E-state index contributed by atoms with van der Waals surface area (Å²) in [7, 11) is 0. The van der Waals surface area contributed by atoms with Crippen molar-refractivity contribution in [2.24, 2.45) is 0 Å². The monoisotopic (exact) mass is 325 g/mol. The molecule has 3 nitrogen and oxygen atoms in total. The van der Waals surface area contributed by atoms with E-state index in [1.807, 2.05) is 31.2 Å². The fraction of sp³-hybridized carbons (Fsp3) is 0.381. The third kappa shape index (κ3) is 4.85. The number of carbonyl (C=O) groups is 1. The zero-order chi connectivity index (χ0) is 17.5. The molecule has 0 aliphatic rings. The van der Waals surface area contributed by atoms with Gasteiger partial charge in [-0.05, 0) is 61.1 Å². The first kappa shape index (κ1) is 18.1. The quantitative estimate of drug-likeness (QED) is 0.828. The maximum atomic E-state index is 12.3. The van der Waals surface area contributed by atoms with Gasteiger partial charge in [0.05, 0.1) is 0 Å². The van der Waals surface area contributed by atoms with Gasteiger partial charge in [0, 0.05) is 6.54 Å². The number of carbonyl (C=O) groups excluding carboxylic acids is 1. The van der Waals surface area contributed by atoms with Crippen molar-refractivity contribution in [2.75, 3.05) is 0 Å². The normalized spacial score (nSPS) is 11.8. The summed E-state index contributed by atoms with van der Waals surface area (Å²) in [6, 6.07) is 14.2. The predicted molar refractivity (Wildman–Crippen MR) is 98.3 cm³/mol. The van der Waals surface area contributed by atoms with Gasteiger partial charge in [-0.15, -0.1) is 0 Å². The zero-order valence-electron chi connectivity index (χ0n) is 15.1. The van der Waals surface area contributed by atoms with E-state index in [2.05, 4.69) is 37.4 Å². The first-order valence-electron chi connectivity index (χ1n) is 8.65. The Balaban J connectivity index is 1.97. The summed E-state index contributed by atoms with van der Waals surface area (Å²) in [5.41, 5.74) is 4.87. The molecule has 0 aliphatic carbocycles. The molecule has 0 spiro atoms. The molecule has 24 heavy (non-hydrogen) atoms. The molecule has 0 heterocycles. The molecule has 128 valence electrons. The molecule has 0 fully saturated rings. The molecule has 0 saturated carbocycles. The lowest BCUT2D eigenvalue weighted by Gasteiger charge is -2.16. The van der Waals surface area contributed by atoms with Crippen LogP contribution in [0.4, 0.5) is 0 Å². The topological polar surface area (TPSA) is 38.3 Å². The summed E-state index contributed by atoms with van der Waals surface area (Å²) < 4.78 is 5.73. The molecular formula is C21H27NO2. The van der Waals surface area contributed by atoms with Crippen molar-refractivity contribution in [1.29, 1.82) is 0 Å². The van der Waals surface area contributed by atoms with E-state index in [4.69, 9.17) is 4.74 Å². The van der Waals surface area contributed by atoms with Gasteiger partial charge < -0.3 is 10.1 Å². The Morgan fingerprint density at radius 2 is 1.88 bits per heavy atom. The Labute approximate surface area is 145 Å². The number of benzene rings is 2. The van der Waals surface area contributed by atoms with Crippen LogP contribution in [0.5, 0.6) is 5.75 Å². The summed E-state index contributed by atoms with van der Waals surface area (Å²) in [5, 5.41) is 3.00. The van der Waals surface area contributed by atoms with Crippen LogP contribution in [-0.2, 0) is 24.2 Å². The number of ether oxygens (including phenoxy) is 1. The molecular weight excluding hydrogens is 298 g/mol. The average molecular weight is 325 g/mol. The standard InChI is InChI=1S/C21H27NO2/c1-5-17-10-11-18(6-2)19(13-17)14-22-21(23)16(4)24-20-9-7-8-15(3)12-20/h7-13,16H,5-6,14H2,1-4H3,(H,22,23)/t16-/m1/s1. The van der Waals surface area contributed by atoms with Crippen molar-refractivity contribution in [3.8, 4) is 5.75 Å². The number of hydrogen-bond acceptors (Lipinski definition) is 2. The van der Waals surface area contributed by atoms with Crippen molar-refractivity contribution < 1.29 is 9.53 Å². The second kappa shape index (κ2) is 8.53. The Bertz CT molecular complexity index is 694. The van der Waals surface area contributed by atoms with Gasteiger partial charge in [0.1, 0.15) is 5.75 Å². The molecule has 0 saturated heterocycles. The average Bonchev–Trinajstić information content (AvgIpc) is 2.59. The van der Waals surface area contributed by atoms with Crippen molar-refractivity contribution >= 4 is 5.91 Å². The van der Waals surface area contributed by atoms with Gasteiger partial charge in [0.25, 0.3) is 5.91 Å². The van der Waals surface area contributed by atoms with E-state index in [0.29, 0.717) is 6.54 Å². The zero-order valence-corrected chi connectivity index (χ0v) is 15.1. The number of nitrogens with one attached hydrogen (secondary N) is 1. The fourth-order valence-electron chi connectivity index (χ4n) is 2.68. The van der Waals surface area contributed by atoms with Gasteiger partial charge in [0.2, 0.25) is 0 Å². The number of hydrogen-bond donors (Lipinski definition) is 1. The van der Waals surface area contributed by atoms with Crippen molar-refractivity contribution in [2.45, 2.75) is 53.2 Å². The minimum Gasteiger partial charge on any atom is -0.481 e. The Morgan fingerprint density at radius 3 is 2.54 bits per heavy atom. The lowest BCUT2D eigenvalue weighted by molar-refractivity contribution is -0.127. The van der Waals surface area contributed by atoms with Crippen LogP contribution >= 0.6 is 0 Å². The Hall–Kier alpha value is -2.29. The maximum Gasteiger partial charge on any atom is 0.261 e. The highest BCUT2D eigenvalue weighted by Crippen LogP contribution is 2.15. The summed E-state index contributed by atoms with van der Waals surface area (Å²) in [6.07, 6.45) is 1.44. The van der Waals surface area contributed by atoms with E-state index in [-0.39, 0.29) is 5.91 Å². The van der Waals surface area contributed by atoms with Crippen LogP contribution in [-0.4, -0.2) is 12.0 Å². The number of aryl methyl sites for hydroxylation is 3. The minimum atomic E-state index is -0.522. The minimum absolute atomic E-state index is 0.0968. The summed E-state index contributed by atoms with van der Waals surface area (Å²) >= 11 is 0. The van der Waals surface area contributed by atoms with Gasteiger partial charge >= 0.3 is 0 Å². The van der Waals surface area contributed by atoms with E-state index < -0.39 is 6.10 Å². The second-order valence-electron chi connectivity index (χ2n) is 6.10. The molecule has 0 unspecified atom stereocenters. The molecule has 0 radical (unpaired) electrons. The molecule has 1 atom stereocenters. The SMILES string of the molecule is CCc1ccc(CC)c(CNC(=O)[C@@H](C)Oc2cccc(C)c2)c1. The largest absolute Gasteiger partial charge is 0.481 e. The number of rotatable bonds is 7. The van der Waals surface area contributed by atoms with E-state index >= 15 is 0 Å². The molecule has 2 aromatic carbocycles. The van der Waals surface area contributed by atoms with Crippen molar-refractivity contribution in [3.05, 3.63) is 64.7 Å². The van der Waals surface area contributed by atoms with Crippen molar-refractivity contribution in [3.63, 3.8) is 0 Å². The Morgan fingerprint density at radius 1 is 1.08 bits per heavy atom. The second-order valence-corrected chi connectivity index (χ2v) is 6.10. The molecule has 1 N–H and O–H groups in total. The van der Waals surface area contributed by atoms with E-state index in [9.17, 15) is 4.79 Å². The third-order valence-electron chi connectivity index (χ3n) is 4.18. The van der Waals surface area contributed by atoms with Gasteiger partial charge in [-0.1, -0.05) is 44.2 Å². The van der Waals surface area contributed by atoms with Crippen LogP contribution in [0.2, 0.25) is 0 Å². The van der Waals surface area contributed by atoms with Crippen molar-refractivity contribution in [1.82, 2.24) is 5.32 Å². The van der Waals surface area contributed by atoms with E-state index in [0.717, 1.165) is 24.2 Å². The van der Waals surface area contributed by atoms with Crippen LogP contribution in [0.25, 0.3) is 0 Å². The van der Waals surface area contributed by atoms with Gasteiger partial charge in [-0.25, -0.2) is 0 Å². The smallest absolute Gasteiger partial charge is 0.261 e. The van der Waals surface area contributed by atoms with E-state index in [1.165, 1.54) is 16.7 Å². The molecule has 0 aliphatic heterocycles. The molecule has 2 rings (SSSR count). The van der Waals surface area contributed by atoms with Crippen LogP contribution in [0, 0.1) is 6.92 Å². The summed E-state index contributed by atoms with van der Waals surface area (Å²) in [5.74, 6) is 0.625. The molecule has 1 amide bonds. The molecule has 0 bridgehead atoms. The van der Waals surface area contributed by atoms with Gasteiger partial charge in [-0.2, -0.15) is 0 Å². The number of amides is 1. The van der Waals surface area contributed by atoms with Gasteiger partial charge in [-0.3, -0.25) is 4.79 Å². The van der Waals surface area contributed by atoms with Crippen LogP contribution in [0.15, 0.2) is 42.5 Å². The van der Waals surface area contributed by atoms with Crippen LogP contribution in [0.3, 0.4) is 0 Å². The summed E-state index contributed by atoms with van der Waals surface area (Å²) in [6.45, 7) is 8.60. The first-order chi connectivity index (χ1) is 11.5. The third-order valence-corrected chi connectivity index (χ3v) is 4.18. The predicted octanol–water partition coefficient (Wildman–Crippen LogP) is 4.20. The van der Waals surface area contributed by atoms with Gasteiger partial charge in [0.15, 0.2) is 6.10 Å². The lowest BCUT2D eigenvalue weighted by atomic mass is 10.0. The highest BCUT2D eigenvalue weighted by Gasteiger charge is 2.15. The van der Waals surface area contributed by atoms with E-state index in [1.54, 1.807) is 6.92 Å².